The highest BCUT2D eigenvalue weighted by Gasteiger charge is 2.34. The molecule has 4 heterocycles. The number of sulfonamides is 1. The molecule has 11 nitrogen and oxygen atoms in total. The first-order valence-corrected chi connectivity index (χ1v) is 18.2. The van der Waals surface area contributed by atoms with Crippen molar-refractivity contribution in [2.45, 2.75) is 82.8 Å². The second-order valence-electron chi connectivity index (χ2n) is 13.3. The van der Waals surface area contributed by atoms with Gasteiger partial charge in [0.1, 0.15) is 12.4 Å². The van der Waals surface area contributed by atoms with Gasteiger partial charge in [-0.1, -0.05) is 37.1 Å². The molecule has 1 N–H and O–H groups in total. The fraction of sp³-hybridized carbons (Fsp3) is 0.417. The molecule has 250 valence electrons. The van der Waals surface area contributed by atoms with Crippen LogP contribution in [0, 0.1) is 19.8 Å². The number of carbonyl (C=O) groups is 1. The van der Waals surface area contributed by atoms with Crippen LogP contribution in [0.15, 0.2) is 65.8 Å². The maximum Gasteiger partial charge on any atom is 0.264 e. The SMILES string of the molecule is Cc1cccc(C)c1-c1cc2nc(n1)NS(=O)(=O)c1cccc(c1)C(=O)N(Cc1cncc(N3CCCC[C@H]3C)n1)[C@H](CC1CC1)CO2. The number of piperidine rings is 1. The van der Waals surface area contributed by atoms with E-state index in [4.69, 9.17) is 9.72 Å². The van der Waals surface area contributed by atoms with Crippen molar-refractivity contribution in [3.05, 3.63) is 83.3 Å². The number of anilines is 2. The Kier molecular flexibility index (Phi) is 8.76. The molecule has 2 atom stereocenters. The largest absolute Gasteiger partial charge is 0.475 e. The molecular weight excluding hydrogens is 627 g/mol. The summed E-state index contributed by atoms with van der Waals surface area (Å²) in [5.41, 5.74) is 4.33. The molecule has 2 aromatic heterocycles. The van der Waals surface area contributed by atoms with Crippen molar-refractivity contribution >= 4 is 27.7 Å². The average molecular weight is 668 g/mol. The quantitative estimate of drug-likeness (QED) is 0.266. The monoisotopic (exact) mass is 667 g/mol. The van der Waals surface area contributed by atoms with Gasteiger partial charge in [-0.15, -0.1) is 0 Å². The molecule has 4 aromatic rings. The summed E-state index contributed by atoms with van der Waals surface area (Å²) < 4.78 is 36.3. The van der Waals surface area contributed by atoms with Crippen LogP contribution < -0.4 is 14.4 Å². The number of benzene rings is 2. The topological polar surface area (TPSA) is 131 Å². The molecule has 2 aromatic carbocycles. The summed E-state index contributed by atoms with van der Waals surface area (Å²) in [6.07, 6.45) is 9.81. The molecule has 4 bridgehead atoms. The first kappa shape index (κ1) is 32.0. The zero-order valence-electron chi connectivity index (χ0n) is 27.6. The van der Waals surface area contributed by atoms with E-state index in [2.05, 4.69) is 31.5 Å². The van der Waals surface area contributed by atoms with Crippen molar-refractivity contribution in [1.82, 2.24) is 24.8 Å². The molecule has 3 aliphatic rings. The number of ether oxygens (including phenoxy) is 1. The molecule has 12 heteroatoms. The van der Waals surface area contributed by atoms with Crippen LogP contribution in [0.5, 0.6) is 5.88 Å². The number of fused-ring (bicyclic) bond motifs is 4. The third-order valence-corrected chi connectivity index (χ3v) is 10.9. The van der Waals surface area contributed by atoms with E-state index in [9.17, 15) is 13.2 Å². The maximum absolute atomic E-state index is 14.4. The van der Waals surface area contributed by atoms with E-state index in [0.29, 0.717) is 23.3 Å². The van der Waals surface area contributed by atoms with Gasteiger partial charge < -0.3 is 14.5 Å². The maximum atomic E-state index is 14.4. The van der Waals surface area contributed by atoms with E-state index >= 15 is 0 Å². The second-order valence-corrected chi connectivity index (χ2v) is 15.0. The van der Waals surface area contributed by atoms with Crippen molar-refractivity contribution in [2.75, 3.05) is 22.8 Å². The minimum Gasteiger partial charge on any atom is -0.475 e. The van der Waals surface area contributed by atoms with Gasteiger partial charge in [-0.05, 0) is 81.7 Å². The van der Waals surface area contributed by atoms with Gasteiger partial charge in [0.2, 0.25) is 11.8 Å². The van der Waals surface area contributed by atoms with Crippen molar-refractivity contribution in [2.24, 2.45) is 5.92 Å². The van der Waals surface area contributed by atoms with E-state index in [0.717, 1.165) is 61.2 Å². The van der Waals surface area contributed by atoms with Crippen LogP contribution in [-0.4, -0.2) is 64.4 Å². The summed E-state index contributed by atoms with van der Waals surface area (Å²) in [4.78, 5) is 37.1. The van der Waals surface area contributed by atoms with Crippen molar-refractivity contribution in [3.8, 4) is 17.1 Å². The van der Waals surface area contributed by atoms with Crippen molar-refractivity contribution in [3.63, 3.8) is 0 Å². The van der Waals surface area contributed by atoms with Gasteiger partial charge in [0.05, 0.1) is 41.3 Å². The van der Waals surface area contributed by atoms with Gasteiger partial charge in [0.25, 0.3) is 15.9 Å². The number of amides is 1. The van der Waals surface area contributed by atoms with Crippen LogP contribution in [0.1, 0.15) is 72.6 Å². The Balaban J connectivity index is 1.31. The lowest BCUT2D eigenvalue weighted by Gasteiger charge is -2.35. The van der Waals surface area contributed by atoms with Crippen molar-refractivity contribution in [1.29, 1.82) is 0 Å². The number of hydrogen-bond acceptors (Lipinski definition) is 9. The molecule has 1 saturated heterocycles. The minimum atomic E-state index is -4.15. The van der Waals surface area contributed by atoms with E-state index < -0.39 is 10.0 Å². The molecule has 48 heavy (non-hydrogen) atoms. The lowest BCUT2D eigenvalue weighted by atomic mass is 10.00. The minimum absolute atomic E-state index is 0.0595. The van der Waals surface area contributed by atoms with E-state index in [1.807, 2.05) is 32.0 Å². The van der Waals surface area contributed by atoms with E-state index in [1.165, 1.54) is 18.6 Å². The summed E-state index contributed by atoms with van der Waals surface area (Å²) in [5.74, 6) is 1.10. The highest BCUT2D eigenvalue weighted by molar-refractivity contribution is 7.92. The highest BCUT2D eigenvalue weighted by Crippen LogP contribution is 2.36. The van der Waals surface area contributed by atoms with Gasteiger partial charge in [-0.25, -0.2) is 23.1 Å². The van der Waals surface area contributed by atoms with Crippen LogP contribution in [0.25, 0.3) is 11.3 Å². The number of aryl methyl sites for hydroxylation is 2. The number of aromatic nitrogens is 4. The number of nitrogens with one attached hydrogen (secondary N) is 1. The Hall–Kier alpha value is -4.58. The Labute approximate surface area is 281 Å². The van der Waals surface area contributed by atoms with Crippen LogP contribution in [0.3, 0.4) is 0 Å². The molecule has 1 saturated carbocycles. The third kappa shape index (κ3) is 6.85. The summed E-state index contributed by atoms with van der Waals surface area (Å²) >= 11 is 0. The Morgan fingerprint density at radius 2 is 1.75 bits per heavy atom. The predicted molar refractivity (Wildman–Crippen MR) is 183 cm³/mol. The summed E-state index contributed by atoms with van der Waals surface area (Å²) in [6, 6.07) is 13.8. The fourth-order valence-corrected chi connectivity index (χ4v) is 7.82. The van der Waals surface area contributed by atoms with Gasteiger partial charge in [0.15, 0.2) is 0 Å². The van der Waals surface area contributed by atoms with Crippen LogP contribution in [0.2, 0.25) is 0 Å². The third-order valence-electron chi connectivity index (χ3n) is 9.59. The van der Waals surface area contributed by atoms with Crippen LogP contribution in [0.4, 0.5) is 11.8 Å². The van der Waals surface area contributed by atoms with Gasteiger partial charge in [-0.3, -0.25) is 9.78 Å². The van der Waals surface area contributed by atoms with E-state index in [1.54, 1.807) is 35.5 Å². The molecule has 7 rings (SSSR count). The fourth-order valence-electron chi connectivity index (χ4n) is 6.83. The molecule has 0 spiro atoms. The number of carbonyl (C=O) groups excluding carboxylic acids is 1. The first-order valence-electron chi connectivity index (χ1n) is 16.7. The van der Waals surface area contributed by atoms with Crippen molar-refractivity contribution < 1.29 is 17.9 Å². The summed E-state index contributed by atoms with van der Waals surface area (Å²) in [5, 5.41) is 0. The lowest BCUT2D eigenvalue weighted by Crippen LogP contribution is -2.44. The standard InChI is InChI=1S/C36H41N7O4S/c1-23-8-6-9-24(2)34(23)31-18-33-40-36(39-31)41-48(45,46)30-12-7-11-27(17-30)35(44)43(29(22-47-33)16-26-13-14-26)21-28-19-37-20-32(38-28)42-15-5-4-10-25(42)3/h6-9,11-12,17-20,25-26,29H,4-5,10,13-16,21-22H2,1-3H3,(H,39,40,41)/t25-,29-/m1/s1. The number of nitrogens with zero attached hydrogens (tertiary/aromatic N) is 6. The molecule has 0 unspecified atom stereocenters. The molecule has 2 aliphatic heterocycles. The molecular formula is C36H41N7O4S. The lowest BCUT2D eigenvalue weighted by molar-refractivity contribution is 0.0561. The Morgan fingerprint density at radius 1 is 0.958 bits per heavy atom. The number of rotatable bonds is 6. The number of hydrogen-bond donors (Lipinski definition) is 1. The first-order chi connectivity index (χ1) is 23.1. The average Bonchev–Trinajstić information content (AvgIpc) is 3.89. The molecule has 2 fully saturated rings. The molecule has 1 aliphatic carbocycles. The van der Waals surface area contributed by atoms with Gasteiger partial charge in [-0.2, -0.15) is 4.98 Å². The molecule has 0 radical (unpaired) electrons. The van der Waals surface area contributed by atoms with Gasteiger partial charge >= 0.3 is 0 Å². The zero-order chi connectivity index (χ0) is 33.4. The normalized spacial score (nSPS) is 20.9. The van der Waals surface area contributed by atoms with E-state index in [-0.39, 0.29) is 47.4 Å². The highest BCUT2D eigenvalue weighted by atomic mass is 32.2. The Bertz CT molecular complexity index is 1930. The van der Waals surface area contributed by atoms with Crippen LogP contribution >= 0.6 is 0 Å². The smallest absolute Gasteiger partial charge is 0.264 e. The second kappa shape index (κ2) is 13.1. The van der Waals surface area contributed by atoms with Crippen LogP contribution in [-0.2, 0) is 16.6 Å². The molecule has 1 amide bonds. The summed E-state index contributed by atoms with van der Waals surface area (Å²) in [6.45, 7) is 7.46. The summed E-state index contributed by atoms with van der Waals surface area (Å²) in [7, 11) is -4.15. The predicted octanol–water partition coefficient (Wildman–Crippen LogP) is 5.93. The Morgan fingerprint density at radius 3 is 2.52 bits per heavy atom. The zero-order valence-corrected chi connectivity index (χ0v) is 28.4. The van der Waals surface area contributed by atoms with Gasteiger partial charge in [0, 0.05) is 29.8 Å².